The van der Waals surface area contributed by atoms with Crippen LogP contribution in [0.15, 0.2) is 12.3 Å². The molecule has 5 heteroatoms. The number of hydrogen-bond donors (Lipinski definition) is 1. The van der Waals surface area contributed by atoms with Crippen molar-refractivity contribution in [2.24, 2.45) is 11.8 Å². The summed E-state index contributed by atoms with van der Waals surface area (Å²) in [7, 11) is 0. The fourth-order valence-corrected chi connectivity index (χ4v) is 2.41. The molecular weight excluding hydrogens is 234 g/mol. The van der Waals surface area contributed by atoms with Crippen LogP contribution < -0.4 is 4.90 Å². The molecular formula is C12H19N3OS. The Kier molecular flexibility index (Phi) is 3.76. The minimum absolute atomic E-state index is 0.189. The summed E-state index contributed by atoms with van der Waals surface area (Å²) in [5.74, 6) is 2.77. The molecule has 4 nitrogen and oxygen atoms in total. The molecule has 0 aromatic carbocycles. The number of carbonyl (C=O) groups excluding carboxylic acids is 1. The highest BCUT2D eigenvalue weighted by molar-refractivity contribution is 7.80. The number of amides is 1. The second-order valence-corrected chi connectivity index (χ2v) is 5.39. The largest absolute Gasteiger partial charge is 0.297 e. The molecule has 2 heterocycles. The zero-order valence-electron chi connectivity index (χ0n) is 10.3. The quantitative estimate of drug-likeness (QED) is 0.831. The van der Waals surface area contributed by atoms with Crippen molar-refractivity contribution in [1.29, 1.82) is 0 Å². The standard InChI is InChI=1S/C12H19N3OS/c1-9(2)6-15-11(3-4-13-15)14-7-10(8-17)5-12(14)16/h3-4,9-10,17H,5-8H2,1-2H3. The molecule has 0 spiro atoms. The highest BCUT2D eigenvalue weighted by atomic mass is 32.1. The van der Waals surface area contributed by atoms with Crippen molar-refractivity contribution in [1.82, 2.24) is 9.78 Å². The van der Waals surface area contributed by atoms with Crippen LogP contribution in [0.5, 0.6) is 0 Å². The molecule has 1 aromatic heterocycles. The van der Waals surface area contributed by atoms with Gasteiger partial charge in [0.15, 0.2) is 0 Å². The van der Waals surface area contributed by atoms with Gasteiger partial charge in [0.1, 0.15) is 5.82 Å². The minimum atomic E-state index is 0.189. The Hall–Kier alpha value is -0.970. The summed E-state index contributed by atoms with van der Waals surface area (Å²) in [5, 5.41) is 4.29. The summed E-state index contributed by atoms with van der Waals surface area (Å²) in [6.45, 7) is 5.91. The van der Waals surface area contributed by atoms with Crippen molar-refractivity contribution in [3.63, 3.8) is 0 Å². The summed E-state index contributed by atoms with van der Waals surface area (Å²) in [5.41, 5.74) is 0. The number of hydrogen-bond acceptors (Lipinski definition) is 3. The van der Waals surface area contributed by atoms with Crippen LogP contribution >= 0.6 is 12.6 Å². The third kappa shape index (κ3) is 2.65. The Balaban J connectivity index is 2.17. The number of anilines is 1. The summed E-state index contributed by atoms with van der Waals surface area (Å²) >= 11 is 4.27. The van der Waals surface area contributed by atoms with Crippen molar-refractivity contribution in [2.45, 2.75) is 26.8 Å². The van der Waals surface area contributed by atoms with Gasteiger partial charge in [0.2, 0.25) is 5.91 Å². The molecule has 94 valence electrons. The second-order valence-electron chi connectivity index (χ2n) is 5.02. The van der Waals surface area contributed by atoms with Crippen LogP contribution in [0, 0.1) is 11.8 Å². The molecule has 2 rings (SSSR count). The first-order chi connectivity index (χ1) is 8.11. The minimum Gasteiger partial charge on any atom is -0.297 e. The zero-order chi connectivity index (χ0) is 12.4. The van der Waals surface area contributed by atoms with Gasteiger partial charge in [-0.3, -0.25) is 9.69 Å². The summed E-state index contributed by atoms with van der Waals surface area (Å²) in [6.07, 6.45) is 2.37. The summed E-state index contributed by atoms with van der Waals surface area (Å²) < 4.78 is 1.92. The summed E-state index contributed by atoms with van der Waals surface area (Å²) in [4.78, 5) is 13.8. The van der Waals surface area contributed by atoms with Gasteiger partial charge in [0, 0.05) is 25.6 Å². The van der Waals surface area contributed by atoms with E-state index < -0.39 is 0 Å². The molecule has 0 N–H and O–H groups in total. The predicted octanol–water partition coefficient (Wildman–Crippen LogP) is 1.82. The molecule has 0 saturated carbocycles. The normalized spacial score (nSPS) is 20.6. The molecule has 1 saturated heterocycles. The van der Waals surface area contributed by atoms with Crippen LogP contribution in [0.3, 0.4) is 0 Å². The average molecular weight is 253 g/mol. The van der Waals surface area contributed by atoms with E-state index in [4.69, 9.17) is 0 Å². The van der Waals surface area contributed by atoms with Gasteiger partial charge >= 0.3 is 0 Å². The lowest BCUT2D eigenvalue weighted by Gasteiger charge is -2.18. The fourth-order valence-electron chi connectivity index (χ4n) is 2.17. The SMILES string of the molecule is CC(C)Cn1nccc1N1CC(CS)CC1=O. The number of carbonyl (C=O) groups is 1. The maximum absolute atomic E-state index is 11.9. The van der Waals surface area contributed by atoms with Gasteiger partial charge in [-0.15, -0.1) is 0 Å². The predicted molar refractivity (Wildman–Crippen MR) is 71.4 cm³/mol. The number of aromatic nitrogens is 2. The van der Waals surface area contributed by atoms with Crippen LogP contribution in [0.25, 0.3) is 0 Å². The molecule has 0 radical (unpaired) electrons. The first-order valence-electron chi connectivity index (χ1n) is 6.05. The molecule has 1 aliphatic rings. The first kappa shape index (κ1) is 12.5. The Morgan fingerprint density at radius 1 is 1.59 bits per heavy atom. The van der Waals surface area contributed by atoms with E-state index in [1.165, 1.54) is 0 Å². The van der Waals surface area contributed by atoms with E-state index in [-0.39, 0.29) is 5.91 Å². The maximum atomic E-state index is 11.9. The van der Waals surface area contributed by atoms with E-state index in [1.807, 2.05) is 15.6 Å². The highest BCUT2D eigenvalue weighted by Gasteiger charge is 2.31. The second kappa shape index (κ2) is 5.12. The van der Waals surface area contributed by atoms with E-state index >= 15 is 0 Å². The number of rotatable bonds is 4. The van der Waals surface area contributed by atoms with Crippen molar-refractivity contribution in [3.05, 3.63) is 12.3 Å². The molecule has 1 amide bonds. The van der Waals surface area contributed by atoms with Gasteiger partial charge in [0.25, 0.3) is 0 Å². The third-order valence-corrected chi connectivity index (χ3v) is 3.49. The average Bonchev–Trinajstić information content (AvgIpc) is 2.83. The van der Waals surface area contributed by atoms with Gasteiger partial charge in [0.05, 0.1) is 6.20 Å². The summed E-state index contributed by atoms with van der Waals surface area (Å²) in [6, 6.07) is 1.92. The van der Waals surface area contributed by atoms with E-state index in [2.05, 4.69) is 31.6 Å². The Labute approximate surface area is 107 Å². The number of thiol groups is 1. The molecule has 17 heavy (non-hydrogen) atoms. The molecule has 1 atom stereocenters. The Morgan fingerprint density at radius 3 is 2.94 bits per heavy atom. The van der Waals surface area contributed by atoms with Crippen LogP contribution in [-0.2, 0) is 11.3 Å². The topological polar surface area (TPSA) is 38.1 Å². The lowest BCUT2D eigenvalue weighted by molar-refractivity contribution is -0.117. The molecule has 1 aliphatic heterocycles. The third-order valence-electron chi connectivity index (χ3n) is 2.97. The molecule has 1 aromatic rings. The van der Waals surface area contributed by atoms with Gasteiger partial charge in [-0.25, -0.2) is 4.68 Å². The highest BCUT2D eigenvalue weighted by Crippen LogP contribution is 2.25. The van der Waals surface area contributed by atoms with Crippen molar-refractivity contribution < 1.29 is 4.79 Å². The smallest absolute Gasteiger partial charge is 0.228 e. The van der Waals surface area contributed by atoms with Gasteiger partial charge in [-0.2, -0.15) is 17.7 Å². The molecule has 0 bridgehead atoms. The van der Waals surface area contributed by atoms with Crippen molar-refractivity contribution in [2.75, 3.05) is 17.2 Å². The zero-order valence-corrected chi connectivity index (χ0v) is 11.2. The Morgan fingerprint density at radius 2 is 2.35 bits per heavy atom. The van der Waals surface area contributed by atoms with Crippen molar-refractivity contribution >= 4 is 24.4 Å². The molecule has 0 aliphatic carbocycles. The Bertz CT molecular complexity index is 402. The van der Waals surface area contributed by atoms with Crippen molar-refractivity contribution in [3.8, 4) is 0 Å². The van der Waals surface area contributed by atoms with E-state index in [1.54, 1.807) is 6.20 Å². The van der Waals surface area contributed by atoms with Crippen LogP contribution in [0.4, 0.5) is 5.82 Å². The molecule has 1 fully saturated rings. The fraction of sp³-hybridized carbons (Fsp3) is 0.667. The monoisotopic (exact) mass is 253 g/mol. The van der Waals surface area contributed by atoms with E-state index in [0.29, 0.717) is 18.3 Å². The van der Waals surface area contributed by atoms with Gasteiger partial charge in [-0.05, 0) is 17.6 Å². The first-order valence-corrected chi connectivity index (χ1v) is 6.68. The lowest BCUT2D eigenvalue weighted by atomic mass is 10.1. The molecule has 1 unspecified atom stereocenters. The lowest BCUT2D eigenvalue weighted by Crippen LogP contribution is -2.28. The van der Waals surface area contributed by atoms with Gasteiger partial charge < -0.3 is 0 Å². The maximum Gasteiger partial charge on any atom is 0.228 e. The van der Waals surface area contributed by atoms with E-state index in [0.717, 1.165) is 24.7 Å². The van der Waals surface area contributed by atoms with Crippen LogP contribution in [0.1, 0.15) is 20.3 Å². The van der Waals surface area contributed by atoms with E-state index in [9.17, 15) is 4.79 Å². The number of nitrogens with zero attached hydrogens (tertiary/aromatic N) is 3. The van der Waals surface area contributed by atoms with Crippen LogP contribution in [-0.4, -0.2) is 28.0 Å². The van der Waals surface area contributed by atoms with Gasteiger partial charge in [-0.1, -0.05) is 13.8 Å². The van der Waals surface area contributed by atoms with Crippen LogP contribution in [0.2, 0.25) is 0 Å².